The number of para-hydroxylation sites is 1. The molecule has 0 spiro atoms. The van der Waals surface area contributed by atoms with E-state index in [9.17, 15) is 0 Å². The number of thiazole rings is 1. The summed E-state index contributed by atoms with van der Waals surface area (Å²) in [5.74, 6) is 0.844. The average molecular weight is 220 g/mol. The van der Waals surface area contributed by atoms with E-state index in [4.69, 9.17) is 10.5 Å². The molecule has 1 aromatic carbocycles. The molecule has 4 heteroatoms. The molecule has 1 unspecified atom stereocenters. The van der Waals surface area contributed by atoms with Crippen LogP contribution in [0.2, 0.25) is 0 Å². The molecule has 1 atom stereocenters. The first-order valence-electron chi connectivity index (χ1n) is 4.68. The van der Waals surface area contributed by atoms with E-state index >= 15 is 0 Å². The maximum Gasteiger partial charge on any atom is 0.180 e. The second kappa shape index (κ2) is 4.31. The fourth-order valence-corrected chi connectivity index (χ4v) is 1.89. The molecule has 0 fully saturated rings. The van der Waals surface area contributed by atoms with Crippen molar-refractivity contribution in [2.45, 2.75) is 13.0 Å². The van der Waals surface area contributed by atoms with Crippen molar-refractivity contribution in [2.75, 3.05) is 5.73 Å². The van der Waals surface area contributed by atoms with Crippen LogP contribution in [0.3, 0.4) is 0 Å². The van der Waals surface area contributed by atoms with Gasteiger partial charge in [-0.05, 0) is 19.1 Å². The Balaban J connectivity index is 2.07. The van der Waals surface area contributed by atoms with Crippen LogP contribution >= 0.6 is 11.3 Å². The van der Waals surface area contributed by atoms with Crippen LogP contribution in [0, 0.1) is 0 Å². The van der Waals surface area contributed by atoms with Gasteiger partial charge in [-0.1, -0.05) is 18.2 Å². The Hall–Kier alpha value is -1.55. The number of rotatable bonds is 3. The molecule has 0 aliphatic rings. The van der Waals surface area contributed by atoms with E-state index in [1.165, 1.54) is 11.3 Å². The Labute approximate surface area is 92.5 Å². The summed E-state index contributed by atoms with van der Waals surface area (Å²) in [6.07, 6.45) is -0.0686. The number of nitrogens with two attached hydrogens (primary N) is 1. The molecule has 0 amide bonds. The van der Waals surface area contributed by atoms with E-state index in [1.807, 2.05) is 42.6 Å². The van der Waals surface area contributed by atoms with E-state index < -0.39 is 0 Å². The molecule has 2 N–H and O–H groups in total. The second-order valence-electron chi connectivity index (χ2n) is 3.18. The Morgan fingerprint density at radius 3 is 2.67 bits per heavy atom. The predicted octanol–water partition coefficient (Wildman–Crippen LogP) is 2.87. The van der Waals surface area contributed by atoms with E-state index in [1.54, 1.807) is 0 Å². The van der Waals surface area contributed by atoms with Gasteiger partial charge in [-0.15, -0.1) is 11.3 Å². The summed E-state index contributed by atoms with van der Waals surface area (Å²) >= 11 is 1.43. The first-order valence-corrected chi connectivity index (χ1v) is 5.56. The van der Waals surface area contributed by atoms with Crippen LogP contribution in [-0.4, -0.2) is 4.98 Å². The Kier molecular flexibility index (Phi) is 2.87. The van der Waals surface area contributed by atoms with Crippen molar-refractivity contribution in [3.05, 3.63) is 41.4 Å². The van der Waals surface area contributed by atoms with E-state index in [0.717, 1.165) is 11.4 Å². The lowest BCUT2D eigenvalue weighted by Crippen LogP contribution is -2.03. The Morgan fingerprint density at radius 2 is 2.07 bits per heavy atom. The normalized spacial score (nSPS) is 12.3. The lowest BCUT2D eigenvalue weighted by molar-refractivity contribution is 0.223. The van der Waals surface area contributed by atoms with Crippen molar-refractivity contribution in [3.63, 3.8) is 0 Å². The Bertz CT molecular complexity index is 427. The molecule has 2 rings (SSSR count). The molecule has 3 nitrogen and oxygen atoms in total. The molecule has 0 aliphatic carbocycles. The summed E-state index contributed by atoms with van der Waals surface area (Å²) in [4.78, 5) is 4.18. The van der Waals surface area contributed by atoms with Crippen molar-refractivity contribution >= 4 is 16.5 Å². The summed E-state index contributed by atoms with van der Waals surface area (Å²) in [6, 6.07) is 9.69. The Morgan fingerprint density at radius 1 is 1.33 bits per heavy atom. The largest absolute Gasteiger partial charge is 0.484 e. The molecule has 0 radical (unpaired) electrons. The van der Waals surface area contributed by atoms with Gasteiger partial charge in [0, 0.05) is 5.38 Å². The zero-order chi connectivity index (χ0) is 10.7. The molecule has 0 aliphatic heterocycles. The minimum Gasteiger partial charge on any atom is -0.484 e. The van der Waals surface area contributed by atoms with E-state index in [2.05, 4.69) is 4.98 Å². The van der Waals surface area contributed by atoms with Gasteiger partial charge >= 0.3 is 0 Å². The fraction of sp³-hybridized carbons (Fsp3) is 0.182. The average Bonchev–Trinajstić information content (AvgIpc) is 2.66. The predicted molar refractivity (Wildman–Crippen MR) is 62.0 cm³/mol. The van der Waals surface area contributed by atoms with Crippen LogP contribution in [0.4, 0.5) is 5.13 Å². The monoisotopic (exact) mass is 220 g/mol. The molecule has 0 saturated heterocycles. The second-order valence-corrected chi connectivity index (χ2v) is 4.07. The van der Waals surface area contributed by atoms with Crippen LogP contribution in [0.1, 0.15) is 18.7 Å². The highest BCUT2D eigenvalue weighted by atomic mass is 32.1. The zero-order valence-electron chi connectivity index (χ0n) is 8.38. The SMILES string of the molecule is CC(Oc1ccccc1)c1csc(N)n1. The fourth-order valence-electron chi connectivity index (χ4n) is 1.25. The van der Waals surface area contributed by atoms with Crippen molar-refractivity contribution < 1.29 is 4.74 Å². The zero-order valence-corrected chi connectivity index (χ0v) is 9.20. The van der Waals surface area contributed by atoms with E-state index in [0.29, 0.717) is 5.13 Å². The van der Waals surface area contributed by atoms with Gasteiger partial charge in [0.2, 0.25) is 0 Å². The van der Waals surface area contributed by atoms with Gasteiger partial charge < -0.3 is 10.5 Å². The molecule has 78 valence electrons. The summed E-state index contributed by atoms with van der Waals surface area (Å²) < 4.78 is 5.70. The first-order chi connectivity index (χ1) is 7.25. The van der Waals surface area contributed by atoms with Gasteiger partial charge in [-0.3, -0.25) is 0 Å². The molecule has 2 aromatic rings. The summed E-state index contributed by atoms with van der Waals surface area (Å²) in [5, 5.41) is 2.50. The number of benzene rings is 1. The van der Waals surface area contributed by atoms with Crippen LogP contribution in [0.5, 0.6) is 5.75 Å². The van der Waals surface area contributed by atoms with Gasteiger partial charge in [0.25, 0.3) is 0 Å². The third kappa shape index (κ3) is 2.47. The molecule has 1 aromatic heterocycles. The number of hydrogen-bond acceptors (Lipinski definition) is 4. The third-order valence-electron chi connectivity index (χ3n) is 2.01. The highest BCUT2D eigenvalue weighted by Crippen LogP contribution is 2.23. The number of hydrogen-bond donors (Lipinski definition) is 1. The topological polar surface area (TPSA) is 48.1 Å². The highest BCUT2D eigenvalue weighted by molar-refractivity contribution is 7.13. The van der Waals surface area contributed by atoms with Gasteiger partial charge in [-0.25, -0.2) is 4.98 Å². The van der Waals surface area contributed by atoms with E-state index in [-0.39, 0.29) is 6.10 Å². The number of nitrogen functional groups attached to an aromatic ring is 1. The maximum atomic E-state index is 5.70. The standard InChI is InChI=1S/C11H12N2OS/c1-8(10-7-15-11(12)13-10)14-9-5-3-2-4-6-9/h2-8H,1H3,(H2,12,13). The quantitative estimate of drug-likeness (QED) is 0.865. The molecule has 0 bridgehead atoms. The molecule has 0 saturated carbocycles. The smallest absolute Gasteiger partial charge is 0.180 e. The summed E-state index contributed by atoms with van der Waals surface area (Å²) in [7, 11) is 0. The minimum absolute atomic E-state index is 0.0686. The van der Waals surface area contributed by atoms with Crippen LogP contribution < -0.4 is 10.5 Å². The lowest BCUT2D eigenvalue weighted by atomic mass is 10.3. The number of aromatic nitrogens is 1. The molecular weight excluding hydrogens is 208 g/mol. The molecule has 1 heterocycles. The van der Waals surface area contributed by atoms with Gasteiger partial charge in [0.1, 0.15) is 11.9 Å². The van der Waals surface area contributed by atoms with Crippen LogP contribution in [-0.2, 0) is 0 Å². The maximum absolute atomic E-state index is 5.70. The van der Waals surface area contributed by atoms with Crippen molar-refractivity contribution in [3.8, 4) is 5.75 Å². The highest BCUT2D eigenvalue weighted by Gasteiger charge is 2.10. The van der Waals surface area contributed by atoms with Gasteiger partial charge in [0.15, 0.2) is 5.13 Å². The number of nitrogens with zero attached hydrogens (tertiary/aromatic N) is 1. The lowest BCUT2D eigenvalue weighted by Gasteiger charge is -2.11. The van der Waals surface area contributed by atoms with Gasteiger partial charge in [0.05, 0.1) is 5.69 Å². The van der Waals surface area contributed by atoms with Crippen molar-refractivity contribution in [1.29, 1.82) is 0 Å². The third-order valence-corrected chi connectivity index (χ3v) is 2.70. The molecular formula is C11H12N2OS. The number of anilines is 1. The van der Waals surface area contributed by atoms with Gasteiger partial charge in [-0.2, -0.15) is 0 Å². The van der Waals surface area contributed by atoms with Crippen molar-refractivity contribution in [2.24, 2.45) is 0 Å². The summed E-state index contributed by atoms with van der Waals surface area (Å²) in [5.41, 5.74) is 6.44. The first kappa shape index (κ1) is 9.98. The van der Waals surface area contributed by atoms with Crippen LogP contribution in [0.25, 0.3) is 0 Å². The summed E-state index contributed by atoms with van der Waals surface area (Å²) in [6.45, 7) is 1.96. The molecule has 15 heavy (non-hydrogen) atoms. The minimum atomic E-state index is -0.0686. The van der Waals surface area contributed by atoms with Crippen molar-refractivity contribution in [1.82, 2.24) is 4.98 Å². The number of ether oxygens (including phenoxy) is 1. The van der Waals surface area contributed by atoms with Crippen LogP contribution in [0.15, 0.2) is 35.7 Å².